The summed E-state index contributed by atoms with van der Waals surface area (Å²) in [6, 6.07) is 7.81. The van der Waals surface area contributed by atoms with E-state index in [0.717, 1.165) is 19.4 Å². The summed E-state index contributed by atoms with van der Waals surface area (Å²) in [5, 5.41) is 3.89. The van der Waals surface area contributed by atoms with Gasteiger partial charge in [0.2, 0.25) is 17.6 Å². The highest BCUT2D eigenvalue weighted by Crippen LogP contribution is 2.32. The van der Waals surface area contributed by atoms with E-state index in [1.54, 1.807) is 18.4 Å². The van der Waals surface area contributed by atoms with Crippen molar-refractivity contribution in [2.24, 2.45) is 7.05 Å². The van der Waals surface area contributed by atoms with Crippen LogP contribution in [-0.2, 0) is 18.3 Å². The van der Waals surface area contributed by atoms with Crippen LogP contribution in [0.25, 0.3) is 11.6 Å². The van der Waals surface area contributed by atoms with E-state index in [9.17, 15) is 4.79 Å². The van der Waals surface area contributed by atoms with E-state index in [-0.39, 0.29) is 11.9 Å². The van der Waals surface area contributed by atoms with Crippen LogP contribution in [0.15, 0.2) is 45.7 Å². The topological polar surface area (TPSA) is 77.3 Å². The van der Waals surface area contributed by atoms with Gasteiger partial charge in [0.25, 0.3) is 0 Å². The Kier molecular flexibility index (Phi) is 4.13. The second-order valence-corrected chi connectivity index (χ2v) is 6.28. The molecule has 0 aliphatic carbocycles. The molecule has 0 aromatic carbocycles. The lowest BCUT2D eigenvalue weighted by molar-refractivity contribution is -0.132. The van der Waals surface area contributed by atoms with Gasteiger partial charge in [-0.2, -0.15) is 4.98 Å². The summed E-state index contributed by atoms with van der Waals surface area (Å²) < 4.78 is 12.6. The summed E-state index contributed by atoms with van der Waals surface area (Å²) in [4.78, 5) is 18.9. The molecule has 7 nitrogen and oxygen atoms in total. The molecule has 1 aliphatic heterocycles. The third-order valence-corrected chi connectivity index (χ3v) is 4.66. The highest BCUT2D eigenvalue weighted by Gasteiger charge is 2.31. The molecular weight excluding hydrogens is 320 g/mol. The van der Waals surface area contributed by atoms with Gasteiger partial charge >= 0.3 is 0 Å². The summed E-state index contributed by atoms with van der Waals surface area (Å²) in [5.74, 6) is 1.55. The first-order valence-electron chi connectivity index (χ1n) is 8.49. The van der Waals surface area contributed by atoms with Crippen molar-refractivity contribution in [2.45, 2.75) is 31.7 Å². The number of nitrogens with zero attached hydrogens (tertiary/aromatic N) is 4. The lowest BCUT2D eigenvalue weighted by atomic mass is 10.1. The average Bonchev–Trinajstić information content (AvgIpc) is 3.37. The molecule has 1 fully saturated rings. The van der Waals surface area contributed by atoms with Crippen molar-refractivity contribution >= 4 is 5.91 Å². The van der Waals surface area contributed by atoms with Gasteiger partial charge < -0.3 is 18.4 Å². The maximum absolute atomic E-state index is 12.7. The van der Waals surface area contributed by atoms with Crippen LogP contribution in [0.2, 0.25) is 0 Å². The number of aryl methyl sites for hydroxylation is 2. The van der Waals surface area contributed by atoms with Crippen molar-refractivity contribution in [3.8, 4) is 11.6 Å². The van der Waals surface area contributed by atoms with Crippen LogP contribution in [0.1, 0.15) is 36.9 Å². The van der Waals surface area contributed by atoms with E-state index >= 15 is 0 Å². The van der Waals surface area contributed by atoms with Gasteiger partial charge in [-0.05, 0) is 37.1 Å². The van der Waals surface area contributed by atoms with E-state index in [0.29, 0.717) is 30.3 Å². The second-order valence-electron chi connectivity index (χ2n) is 6.28. The van der Waals surface area contributed by atoms with Crippen LogP contribution in [0.3, 0.4) is 0 Å². The third-order valence-electron chi connectivity index (χ3n) is 4.66. The maximum atomic E-state index is 12.7. The molecule has 4 rings (SSSR count). The predicted molar refractivity (Wildman–Crippen MR) is 89.4 cm³/mol. The predicted octanol–water partition coefficient (Wildman–Crippen LogP) is 2.96. The second kappa shape index (κ2) is 6.58. The van der Waals surface area contributed by atoms with E-state index in [1.165, 1.54) is 5.69 Å². The molecular formula is C18H20N4O3. The highest BCUT2D eigenvalue weighted by molar-refractivity contribution is 5.77. The minimum Gasteiger partial charge on any atom is -0.461 e. The Morgan fingerprint density at radius 1 is 1.36 bits per heavy atom. The molecule has 0 saturated carbocycles. The number of likely N-dealkylation sites (tertiary alicyclic amines) is 1. The number of hydrogen-bond donors (Lipinski definition) is 0. The van der Waals surface area contributed by atoms with Crippen LogP contribution in [0, 0.1) is 0 Å². The zero-order chi connectivity index (χ0) is 17.2. The monoisotopic (exact) mass is 340 g/mol. The summed E-state index contributed by atoms with van der Waals surface area (Å²) >= 11 is 0. The smallest absolute Gasteiger partial charge is 0.238 e. The minimum absolute atomic E-state index is 0.126. The lowest BCUT2D eigenvalue weighted by Crippen LogP contribution is -2.31. The number of aromatic nitrogens is 3. The van der Waals surface area contributed by atoms with E-state index in [2.05, 4.69) is 20.8 Å². The first kappa shape index (κ1) is 15.7. The zero-order valence-electron chi connectivity index (χ0n) is 14.1. The van der Waals surface area contributed by atoms with Gasteiger partial charge in [-0.1, -0.05) is 5.16 Å². The van der Waals surface area contributed by atoms with Gasteiger partial charge in [0.1, 0.15) is 0 Å². The van der Waals surface area contributed by atoms with Crippen LogP contribution in [-0.4, -0.2) is 32.1 Å². The third kappa shape index (κ3) is 3.09. The van der Waals surface area contributed by atoms with Crippen molar-refractivity contribution in [3.05, 3.63) is 48.3 Å². The SMILES string of the molecule is Cn1cccc1C1CCCN1C(=O)CCc1nc(-c2ccco2)no1. The Hall–Kier alpha value is -2.83. The van der Waals surface area contributed by atoms with E-state index < -0.39 is 0 Å². The lowest BCUT2D eigenvalue weighted by Gasteiger charge is -2.25. The van der Waals surface area contributed by atoms with Crippen LogP contribution in [0.4, 0.5) is 0 Å². The first-order valence-corrected chi connectivity index (χ1v) is 8.49. The number of carbonyl (C=O) groups excluding carboxylic acids is 1. The Bertz CT molecular complexity index is 849. The van der Waals surface area contributed by atoms with Gasteiger partial charge in [-0.3, -0.25) is 4.79 Å². The fraction of sp³-hybridized carbons (Fsp3) is 0.389. The molecule has 1 atom stereocenters. The van der Waals surface area contributed by atoms with E-state index in [1.807, 2.05) is 24.2 Å². The number of rotatable bonds is 5. The van der Waals surface area contributed by atoms with Crippen LogP contribution < -0.4 is 0 Å². The number of hydrogen-bond acceptors (Lipinski definition) is 5. The largest absolute Gasteiger partial charge is 0.461 e. The number of carbonyl (C=O) groups is 1. The van der Waals surface area contributed by atoms with Gasteiger partial charge in [0.15, 0.2) is 5.76 Å². The van der Waals surface area contributed by atoms with E-state index in [4.69, 9.17) is 8.94 Å². The Morgan fingerprint density at radius 3 is 3.04 bits per heavy atom. The molecule has 0 bridgehead atoms. The summed E-state index contributed by atoms with van der Waals surface area (Å²) in [5.41, 5.74) is 1.18. The number of amides is 1. The standard InChI is InChI=1S/C18H20N4O3/c1-21-10-2-5-13(21)14-6-3-11-22(14)17(23)9-8-16-19-18(20-25-16)15-7-4-12-24-15/h2,4-5,7,10,12,14H,3,6,8-9,11H2,1H3. The van der Waals surface area contributed by atoms with Gasteiger partial charge in [-0.15, -0.1) is 0 Å². The highest BCUT2D eigenvalue weighted by atomic mass is 16.5. The molecule has 3 aromatic rings. The Morgan fingerprint density at radius 2 is 2.28 bits per heavy atom. The molecule has 130 valence electrons. The molecule has 0 N–H and O–H groups in total. The molecule has 25 heavy (non-hydrogen) atoms. The fourth-order valence-electron chi connectivity index (χ4n) is 3.41. The molecule has 1 unspecified atom stereocenters. The fourth-order valence-corrected chi connectivity index (χ4v) is 3.41. The van der Waals surface area contributed by atoms with Crippen LogP contribution >= 0.6 is 0 Å². The van der Waals surface area contributed by atoms with Crippen molar-refractivity contribution in [2.75, 3.05) is 6.54 Å². The average molecular weight is 340 g/mol. The maximum Gasteiger partial charge on any atom is 0.238 e. The first-order chi connectivity index (χ1) is 12.2. The number of furan rings is 1. The zero-order valence-corrected chi connectivity index (χ0v) is 14.1. The summed E-state index contributed by atoms with van der Waals surface area (Å²) in [6.45, 7) is 0.802. The van der Waals surface area contributed by atoms with Crippen molar-refractivity contribution in [1.29, 1.82) is 0 Å². The van der Waals surface area contributed by atoms with Gasteiger partial charge in [-0.25, -0.2) is 0 Å². The molecule has 0 spiro atoms. The van der Waals surface area contributed by atoms with Crippen molar-refractivity contribution in [3.63, 3.8) is 0 Å². The molecule has 3 aromatic heterocycles. The molecule has 1 aliphatic rings. The Labute approximate surface area is 145 Å². The summed E-state index contributed by atoms with van der Waals surface area (Å²) in [6.07, 6.45) is 6.41. The Balaban J connectivity index is 1.39. The molecule has 7 heteroatoms. The van der Waals surface area contributed by atoms with Gasteiger partial charge in [0.05, 0.1) is 12.3 Å². The summed E-state index contributed by atoms with van der Waals surface area (Å²) in [7, 11) is 2.02. The molecule has 4 heterocycles. The normalized spacial score (nSPS) is 17.3. The molecule has 1 amide bonds. The van der Waals surface area contributed by atoms with Crippen molar-refractivity contribution in [1.82, 2.24) is 19.6 Å². The van der Waals surface area contributed by atoms with Gasteiger partial charge in [0, 0.05) is 38.3 Å². The molecule has 0 radical (unpaired) electrons. The van der Waals surface area contributed by atoms with Crippen LogP contribution in [0.5, 0.6) is 0 Å². The van der Waals surface area contributed by atoms with Crippen molar-refractivity contribution < 1.29 is 13.7 Å². The molecule has 1 saturated heterocycles. The quantitative estimate of drug-likeness (QED) is 0.713. The minimum atomic E-state index is 0.126.